The number of fused-ring (bicyclic) bond motifs is 3. The van der Waals surface area contributed by atoms with Crippen molar-refractivity contribution in [2.45, 2.75) is 0 Å². The second-order valence-electron chi connectivity index (χ2n) is 6.55. The minimum absolute atomic E-state index is 0.311. The van der Waals surface area contributed by atoms with E-state index in [-0.39, 0.29) is 5.91 Å². The standard InChI is InChI=1S/C24H21NO5/c1-27-20-10-6-7-15(24(20)29-3)11-12-23(26)25-18-14-21-17(13-22(18)28-2)16-8-4-5-9-19(16)30-21/h4-14H,1-3H3,(H,25,26)/b12-11+. The summed E-state index contributed by atoms with van der Waals surface area (Å²) in [4.78, 5) is 12.6. The lowest BCUT2D eigenvalue weighted by Crippen LogP contribution is -2.09. The number of rotatable bonds is 6. The summed E-state index contributed by atoms with van der Waals surface area (Å²) in [5.74, 6) is 1.39. The van der Waals surface area contributed by atoms with Crippen LogP contribution in [0.1, 0.15) is 5.56 Å². The van der Waals surface area contributed by atoms with Crippen LogP contribution in [0.25, 0.3) is 28.0 Å². The number of hydrogen-bond acceptors (Lipinski definition) is 5. The molecule has 0 aliphatic rings. The van der Waals surface area contributed by atoms with Crippen molar-refractivity contribution >= 4 is 39.6 Å². The van der Waals surface area contributed by atoms with Crippen LogP contribution in [0.15, 0.2) is 65.1 Å². The van der Waals surface area contributed by atoms with E-state index in [1.807, 2.05) is 42.5 Å². The third-order valence-electron chi connectivity index (χ3n) is 4.80. The molecule has 1 amide bonds. The highest BCUT2D eigenvalue weighted by atomic mass is 16.5. The van der Waals surface area contributed by atoms with Crippen molar-refractivity contribution in [1.82, 2.24) is 0 Å². The molecule has 1 N–H and O–H groups in total. The van der Waals surface area contributed by atoms with Crippen LogP contribution in [0.5, 0.6) is 17.2 Å². The first-order chi connectivity index (χ1) is 14.6. The molecule has 6 heteroatoms. The number of carbonyl (C=O) groups is 1. The summed E-state index contributed by atoms with van der Waals surface area (Å²) in [6.07, 6.45) is 3.10. The van der Waals surface area contributed by atoms with Gasteiger partial charge in [0, 0.05) is 28.5 Å². The van der Waals surface area contributed by atoms with Crippen molar-refractivity contribution in [2.75, 3.05) is 26.6 Å². The second kappa shape index (κ2) is 8.21. The zero-order chi connectivity index (χ0) is 21.1. The number of carbonyl (C=O) groups excluding carboxylic acids is 1. The van der Waals surface area contributed by atoms with Crippen LogP contribution in [0.4, 0.5) is 5.69 Å². The monoisotopic (exact) mass is 403 g/mol. The normalized spacial score (nSPS) is 11.2. The summed E-state index contributed by atoms with van der Waals surface area (Å²) in [6, 6.07) is 16.9. The van der Waals surface area contributed by atoms with Gasteiger partial charge in [0.1, 0.15) is 16.9 Å². The van der Waals surface area contributed by atoms with Crippen LogP contribution in [0.3, 0.4) is 0 Å². The second-order valence-corrected chi connectivity index (χ2v) is 6.55. The first kappa shape index (κ1) is 19.4. The Labute approximate surface area is 173 Å². The van der Waals surface area contributed by atoms with Crippen LogP contribution in [-0.4, -0.2) is 27.2 Å². The topological polar surface area (TPSA) is 69.9 Å². The molecule has 0 fully saturated rings. The first-order valence-corrected chi connectivity index (χ1v) is 9.34. The summed E-state index contributed by atoms with van der Waals surface area (Å²) >= 11 is 0. The molecule has 0 atom stereocenters. The summed E-state index contributed by atoms with van der Waals surface area (Å²) in [7, 11) is 4.69. The van der Waals surface area contributed by atoms with E-state index in [9.17, 15) is 4.79 Å². The lowest BCUT2D eigenvalue weighted by Gasteiger charge is -2.10. The number of benzene rings is 3. The molecule has 4 rings (SSSR count). The van der Waals surface area contributed by atoms with E-state index >= 15 is 0 Å². The highest BCUT2D eigenvalue weighted by Crippen LogP contribution is 2.36. The minimum Gasteiger partial charge on any atom is -0.495 e. The molecule has 4 aromatic rings. The van der Waals surface area contributed by atoms with Gasteiger partial charge in [-0.05, 0) is 24.3 Å². The van der Waals surface area contributed by atoms with Gasteiger partial charge in [0.15, 0.2) is 11.5 Å². The van der Waals surface area contributed by atoms with Crippen molar-refractivity contribution < 1.29 is 23.4 Å². The van der Waals surface area contributed by atoms with Gasteiger partial charge in [0.2, 0.25) is 5.91 Å². The van der Waals surface area contributed by atoms with Gasteiger partial charge in [-0.25, -0.2) is 0 Å². The maximum absolute atomic E-state index is 12.6. The maximum Gasteiger partial charge on any atom is 0.248 e. The SMILES string of the molecule is COc1cc2c(cc1NC(=O)/C=C/c1cccc(OC)c1OC)oc1ccccc12. The van der Waals surface area contributed by atoms with Crippen LogP contribution < -0.4 is 19.5 Å². The zero-order valence-electron chi connectivity index (χ0n) is 16.9. The molecule has 30 heavy (non-hydrogen) atoms. The number of methoxy groups -OCH3 is 3. The highest BCUT2D eigenvalue weighted by Gasteiger charge is 2.13. The van der Waals surface area contributed by atoms with E-state index in [1.165, 1.54) is 6.08 Å². The first-order valence-electron chi connectivity index (χ1n) is 9.34. The van der Waals surface area contributed by atoms with E-state index in [2.05, 4.69) is 5.32 Å². The number of hydrogen-bond donors (Lipinski definition) is 1. The fourth-order valence-electron chi connectivity index (χ4n) is 3.40. The van der Waals surface area contributed by atoms with Crippen molar-refractivity contribution in [3.8, 4) is 17.2 Å². The van der Waals surface area contributed by atoms with E-state index in [0.717, 1.165) is 21.9 Å². The molecule has 0 bridgehead atoms. The Morgan fingerprint density at radius 3 is 2.43 bits per heavy atom. The molecule has 0 aliphatic heterocycles. The van der Waals surface area contributed by atoms with Crippen molar-refractivity contribution in [3.63, 3.8) is 0 Å². The number of para-hydroxylation sites is 2. The summed E-state index contributed by atoms with van der Waals surface area (Å²) in [5, 5.41) is 4.77. The van der Waals surface area contributed by atoms with Gasteiger partial charge in [0.05, 0.1) is 27.0 Å². The Bertz CT molecular complexity index is 1260. The molecule has 3 aromatic carbocycles. The number of furan rings is 1. The molecule has 0 unspecified atom stereocenters. The lowest BCUT2D eigenvalue weighted by atomic mass is 10.1. The molecule has 1 heterocycles. The molecule has 6 nitrogen and oxygen atoms in total. The predicted octanol–water partition coefficient (Wildman–Crippen LogP) is 5.26. The Morgan fingerprint density at radius 1 is 0.867 bits per heavy atom. The minimum atomic E-state index is -0.311. The van der Waals surface area contributed by atoms with E-state index in [1.54, 1.807) is 39.5 Å². The quantitative estimate of drug-likeness (QED) is 0.445. The molecule has 152 valence electrons. The van der Waals surface area contributed by atoms with Gasteiger partial charge in [0.25, 0.3) is 0 Å². The summed E-state index contributed by atoms with van der Waals surface area (Å²) in [5.41, 5.74) is 2.71. The van der Waals surface area contributed by atoms with Crippen molar-refractivity contribution in [2.24, 2.45) is 0 Å². The van der Waals surface area contributed by atoms with Gasteiger partial charge in [-0.2, -0.15) is 0 Å². The van der Waals surface area contributed by atoms with Crippen LogP contribution >= 0.6 is 0 Å². The number of amides is 1. The molecule has 0 aliphatic carbocycles. The van der Waals surface area contributed by atoms with Gasteiger partial charge in [-0.1, -0.05) is 30.3 Å². The van der Waals surface area contributed by atoms with Crippen molar-refractivity contribution in [3.05, 3.63) is 66.2 Å². The molecular weight excluding hydrogens is 382 g/mol. The van der Waals surface area contributed by atoms with Crippen LogP contribution in [0, 0.1) is 0 Å². The smallest absolute Gasteiger partial charge is 0.248 e. The number of nitrogens with one attached hydrogen (secondary N) is 1. The fraction of sp³-hybridized carbons (Fsp3) is 0.125. The zero-order valence-corrected chi connectivity index (χ0v) is 16.9. The lowest BCUT2D eigenvalue weighted by molar-refractivity contribution is -0.111. The molecule has 0 saturated carbocycles. The van der Waals surface area contributed by atoms with Gasteiger partial charge < -0.3 is 23.9 Å². The average molecular weight is 403 g/mol. The van der Waals surface area contributed by atoms with Gasteiger partial charge in [-0.3, -0.25) is 4.79 Å². The molecule has 0 saturated heterocycles. The van der Waals surface area contributed by atoms with Crippen molar-refractivity contribution in [1.29, 1.82) is 0 Å². The van der Waals surface area contributed by atoms with Gasteiger partial charge >= 0.3 is 0 Å². The third-order valence-corrected chi connectivity index (χ3v) is 4.80. The Morgan fingerprint density at radius 2 is 1.67 bits per heavy atom. The molecule has 0 spiro atoms. The maximum atomic E-state index is 12.6. The van der Waals surface area contributed by atoms with Crippen LogP contribution in [0.2, 0.25) is 0 Å². The Kier molecular flexibility index (Phi) is 5.30. The van der Waals surface area contributed by atoms with E-state index in [4.69, 9.17) is 18.6 Å². The third kappa shape index (κ3) is 3.55. The predicted molar refractivity (Wildman–Crippen MR) is 117 cm³/mol. The molecule has 0 radical (unpaired) electrons. The summed E-state index contributed by atoms with van der Waals surface area (Å²) < 4.78 is 22.1. The highest BCUT2D eigenvalue weighted by molar-refractivity contribution is 6.09. The van der Waals surface area contributed by atoms with E-state index < -0.39 is 0 Å². The van der Waals surface area contributed by atoms with Crippen LogP contribution in [-0.2, 0) is 4.79 Å². The molecule has 1 aromatic heterocycles. The Hall–Kier alpha value is -3.93. The average Bonchev–Trinajstić information content (AvgIpc) is 3.13. The number of anilines is 1. The number of ether oxygens (including phenoxy) is 3. The van der Waals surface area contributed by atoms with E-state index in [0.29, 0.717) is 28.5 Å². The largest absolute Gasteiger partial charge is 0.495 e. The molecular formula is C24H21NO5. The Balaban J connectivity index is 1.63. The summed E-state index contributed by atoms with van der Waals surface area (Å²) in [6.45, 7) is 0. The van der Waals surface area contributed by atoms with Gasteiger partial charge in [-0.15, -0.1) is 0 Å². The fourth-order valence-corrected chi connectivity index (χ4v) is 3.40.